The minimum absolute atomic E-state index is 0.0419. The fraction of sp³-hybridized carbons (Fsp3) is 0.500. The SMILES string of the molecule is CC(C)(C)C[C@@H]1N(C2(C(N)=O)CCC(O)CC2)[C@@H](C(=O)O)[C@H](c2cccc(Cl)c2F)C12C(=O)Nc1cc(Cl)ccc12. The summed E-state index contributed by atoms with van der Waals surface area (Å²) in [6, 6.07) is 6.75. The lowest BCUT2D eigenvalue weighted by molar-refractivity contribution is -0.153. The van der Waals surface area contributed by atoms with Crippen molar-refractivity contribution in [1.82, 2.24) is 4.90 Å². The molecule has 1 unspecified atom stereocenters. The summed E-state index contributed by atoms with van der Waals surface area (Å²) in [6.07, 6.45) is 0.198. The number of carbonyl (C=O) groups excluding carboxylic acids is 2. The zero-order chi connectivity index (χ0) is 30.1. The Morgan fingerprint density at radius 3 is 2.41 bits per heavy atom. The number of aliphatic carboxylic acids is 1. The number of amides is 2. The molecule has 5 N–H and O–H groups in total. The number of hydrogen-bond acceptors (Lipinski definition) is 5. The number of nitrogens with two attached hydrogens (primary N) is 1. The number of carboxylic acids is 1. The minimum Gasteiger partial charge on any atom is -0.480 e. The van der Waals surface area contributed by atoms with Crippen molar-refractivity contribution in [3.05, 3.63) is 63.4 Å². The standard InChI is InChI=1S/C30H34Cl2FN3O5/c1-28(2,3)14-21-30(18-8-7-15(31)13-20(18)35-27(30)41)22(17-5-4-6-19(32)23(17)33)24(25(38)39)36(21)29(26(34)40)11-9-16(37)10-12-29/h4-8,13,16,21-22,24,37H,9-12,14H2,1-3H3,(H2,34,40)(H,35,41)(H,38,39)/t16?,21-,22-,24+,29?,30?/m0/s1. The zero-order valence-corrected chi connectivity index (χ0v) is 24.6. The Labute approximate surface area is 248 Å². The van der Waals surface area contributed by atoms with E-state index in [9.17, 15) is 24.6 Å². The van der Waals surface area contributed by atoms with E-state index < -0.39 is 64.1 Å². The first-order valence-electron chi connectivity index (χ1n) is 13.7. The molecule has 1 aliphatic carbocycles. The molecule has 1 saturated carbocycles. The van der Waals surface area contributed by atoms with Crippen LogP contribution in [0.5, 0.6) is 0 Å². The van der Waals surface area contributed by atoms with Crippen molar-refractivity contribution in [3.63, 3.8) is 0 Å². The van der Waals surface area contributed by atoms with Gasteiger partial charge in [0, 0.05) is 22.7 Å². The van der Waals surface area contributed by atoms with Crippen LogP contribution >= 0.6 is 23.2 Å². The smallest absolute Gasteiger partial charge is 0.321 e. The zero-order valence-electron chi connectivity index (χ0n) is 23.1. The third-order valence-electron chi connectivity index (χ3n) is 9.13. The molecule has 2 aromatic carbocycles. The molecule has 8 nitrogen and oxygen atoms in total. The lowest BCUT2D eigenvalue weighted by Gasteiger charge is -2.50. The number of hydrogen-bond donors (Lipinski definition) is 4. The fourth-order valence-electron chi connectivity index (χ4n) is 7.55. The minimum atomic E-state index is -1.65. The molecule has 2 fully saturated rings. The maximum atomic E-state index is 16.0. The van der Waals surface area contributed by atoms with Gasteiger partial charge in [0.1, 0.15) is 22.8 Å². The van der Waals surface area contributed by atoms with Gasteiger partial charge in [0.15, 0.2) is 0 Å². The Morgan fingerprint density at radius 2 is 1.83 bits per heavy atom. The predicted octanol–water partition coefficient (Wildman–Crippen LogP) is 4.84. The van der Waals surface area contributed by atoms with Gasteiger partial charge in [-0.15, -0.1) is 0 Å². The van der Waals surface area contributed by atoms with Crippen molar-refractivity contribution in [2.24, 2.45) is 11.1 Å². The molecule has 0 radical (unpaired) electrons. The first-order valence-corrected chi connectivity index (χ1v) is 14.5. The third-order valence-corrected chi connectivity index (χ3v) is 9.66. The summed E-state index contributed by atoms with van der Waals surface area (Å²) in [5, 5.41) is 24.3. The molecular formula is C30H34Cl2FN3O5. The lowest BCUT2D eigenvalue weighted by Crippen LogP contribution is -2.66. The van der Waals surface area contributed by atoms with Gasteiger partial charge in [-0.2, -0.15) is 0 Å². The molecule has 2 heterocycles. The molecule has 0 bridgehead atoms. The molecule has 5 rings (SSSR count). The molecule has 41 heavy (non-hydrogen) atoms. The summed E-state index contributed by atoms with van der Waals surface area (Å²) in [4.78, 5) is 43.0. The maximum absolute atomic E-state index is 16.0. The molecule has 2 aromatic rings. The maximum Gasteiger partial charge on any atom is 0.321 e. The molecule has 3 aliphatic rings. The summed E-state index contributed by atoms with van der Waals surface area (Å²) in [7, 11) is 0. The highest BCUT2D eigenvalue weighted by Crippen LogP contribution is 2.62. The summed E-state index contributed by atoms with van der Waals surface area (Å²) < 4.78 is 16.0. The highest BCUT2D eigenvalue weighted by Gasteiger charge is 2.73. The van der Waals surface area contributed by atoms with Crippen molar-refractivity contribution >= 4 is 46.7 Å². The number of aliphatic hydroxyl groups excluding tert-OH is 1. The lowest BCUT2D eigenvalue weighted by atomic mass is 9.62. The number of carboxylic acid groups (broad SMARTS) is 1. The summed E-state index contributed by atoms with van der Waals surface area (Å²) in [5.74, 6) is -4.71. The van der Waals surface area contributed by atoms with E-state index in [-0.39, 0.29) is 42.7 Å². The van der Waals surface area contributed by atoms with Gasteiger partial charge in [-0.05, 0) is 66.8 Å². The number of nitrogens with zero attached hydrogens (tertiary/aromatic N) is 1. The van der Waals surface area contributed by atoms with Crippen molar-refractivity contribution < 1.29 is 29.0 Å². The topological polar surface area (TPSA) is 133 Å². The molecule has 220 valence electrons. The second kappa shape index (κ2) is 10.2. The number of fused-ring (bicyclic) bond motifs is 2. The molecular weight excluding hydrogens is 572 g/mol. The Balaban J connectivity index is 1.92. The fourth-order valence-corrected chi connectivity index (χ4v) is 7.91. The largest absolute Gasteiger partial charge is 0.480 e. The van der Waals surface area contributed by atoms with Crippen LogP contribution in [-0.2, 0) is 19.8 Å². The average Bonchev–Trinajstić information content (AvgIpc) is 3.32. The van der Waals surface area contributed by atoms with Gasteiger partial charge in [-0.3, -0.25) is 19.3 Å². The normalized spacial score (nSPS) is 31.7. The van der Waals surface area contributed by atoms with Gasteiger partial charge in [-0.1, -0.05) is 62.2 Å². The Bertz CT molecular complexity index is 1420. The van der Waals surface area contributed by atoms with Gasteiger partial charge in [0.05, 0.1) is 11.1 Å². The number of rotatable bonds is 5. The molecule has 2 amide bonds. The average molecular weight is 607 g/mol. The first-order chi connectivity index (χ1) is 19.1. The second-order valence-corrected chi connectivity index (χ2v) is 13.6. The number of aliphatic hydroxyl groups is 1. The van der Waals surface area contributed by atoms with Gasteiger partial charge < -0.3 is 21.3 Å². The molecule has 0 aromatic heterocycles. The van der Waals surface area contributed by atoms with E-state index in [2.05, 4.69) is 5.32 Å². The van der Waals surface area contributed by atoms with Crippen molar-refractivity contribution in [1.29, 1.82) is 0 Å². The number of carbonyl (C=O) groups is 3. The van der Waals surface area contributed by atoms with Crippen molar-refractivity contribution in [2.45, 2.75) is 87.9 Å². The number of likely N-dealkylation sites (tertiary alicyclic amines) is 1. The first kappa shape index (κ1) is 29.8. The van der Waals surface area contributed by atoms with Crippen molar-refractivity contribution in [3.8, 4) is 0 Å². The summed E-state index contributed by atoms with van der Waals surface area (Å²) >= 11 is 12.5. The Morgan fingerprint density at radius 1 is 1.17 bits per heavy atom. The van der Waals surface area contributed by atoms with Gasteiger partial charge in [0.2, 0.25) is 11.8 Å². The number of anilines is 1. The van der Waals surface area contributed by atoms with Crippen LogP contribution in [0.15, 0.2) is 36.4 Å². The van der Waals surface area contributed by atoms with E-state index in [1.807, 2.05) is 20.8 Å². The van der Waals surface area contributed by atoms with E-state index >= 15 is 4.39 Å². The highest BCUT2D eigenvalue weighted by atomic mass is 35.5. The van der Waals surface area contributed by atoms with E-state index in [1.54, 1.807) is 23.1 Å². The number of nitrogens with one attached hydrogen (secondary N) is 1. The number of primary amides is 1. The molecule has 1 saturated heterocycles. The quantitative estimate of drug-likeness (QED) is 0.385. The van der Waals surface area contributed by atoms with Crippen LogP contribution in [0.2, 0.25) is 10.0 Å². The number of halogens is 3. The van der Waals surface area contributed by atoms with Crippen LogP contribution in [0.25, 0.3) is 0 Å². The Kier molecular flexibility index (Phi) is 7.42. The monoisotopic (exact) mass is 605 g/mol. The van der Waals surface area contributed by atoms with Gasteiger partial charge in [0.25, 0.3) is 0 Å². The van der Waals surface area contributed by atoms with E-state index in [0.717, 1.165) is 0 Å². The van der Waals surface area contributed by atoms with Crippen LogP contribution in [0.3, 0.4) is 0 Å². The summed E-state index contributed by atoms with van der Waals surface area (Å²) in [6.45, 7) is 5.87. The van der Waals surface area contributed by atoms with Crippen LogP contribution < -0.4 is 11.1 Å². The van der Waals surface area contributed by atoms with E-state index in [4.69, 9.17) is 28.9 Å². The van der Waals surface area contributed by atoms with Crippen LogP contribution in [0, 0.1) is 11.2 Å². The third kappa shape index (κ3) is 4.52. The highest BCUT2D eigenvalue weighted by molar-refractivity contribution is 6.31. The van der Waals surface area contributed by atoms with E-state index in [1.165, 1.54) is 18.2 Å². The molecule has 2 aliphatic heterocycles. The van der Waals surface area contributed by atoms with Gasteiger partial charge in [-0.25, -0.2) is 4.39 Å². The van der Waals surface area contributed by atoms with E-state index in [0.29, 0.717) is 16.3 Å². The van der Waals surface area contributed by atoms with Crippen molar-refractivity contribution in [2.75, 3.05) is 5.32 Å². The molecule has 1 spiro atoms. The predicted molar refractivity (Wildman–Crippen MR) is 153 cm³/mol. The number of benzene rings is 2. The molecule has 11 heteroatoms. The van der Waals surface area contributed by atoms with Gasteiger partial charge >= 0.3 is 5.97 Å². The van der Waals surface area contributed by atoms with Crippen LogP contribution in [0.4, 0.5) is 10.1 Å². The van der Waals surface area contributed by atoms with Crippen LogP contribution in [0.1, 0.15) is 69.9 Å². The van der Waals surface area contributed by atoms with Crippen LogP contribution in [-0.4, -0.2) is 56.6 Å². The Hall–Kier alpha value is -2.72. The molecule has 4 atom stereocenters. The summed E-state index contributed by atoms with van der Waals surface area (Å²) in [5.41, 5.74) is 3.31. The second-order valence-electron chi connectivity index (χ2n) is 12.7.